The predicted octanol–water partition coefficient (Wildman–Crippen LogP) is 2.63. The number of amides is 1. The van der Waals surface area contributed by atoms with Gasteiger partial charge in [-0.2, -0.15) is 5.26 Å². The van der Waals surface area contributed by atoms with Crippen molar-refractivity contribution in [1.29, 1.82) is 5.26 Å². The van der Waals surface area contributed by atoms with E-state index < -0.39 is 5.60 Å². The molecule has 3 aliphatic rings. The molecule has 0 radical (unpaired) electrons. The van der Waals surface area contributed by atoms with Gasteiger partial charge in [0.1, 0.15) is 24.2 Å². The Morgan fingerprint density at radius 2 is 2.00 bits per heavy atom. The van der Waals surface area contributed by atoms with E-state index in [1.165, 1.54) is 0 Å². The van der Waals surface area contributed by atoms with Crippen LogP contribution in [0.15, 0.2) is 36.8 Å². The molecule has 8 nitrogen and oxygen atoms in total. The first-order chi connectivity index (χ1) is 15.6. The lowest BCUT2D eigenvalue weighted by Gasteiger charge is -2.44. The number of carbonyl (C=O) groups is 1. The fourth-order valence-corrected chi connectivity index (χ4v) is 5.17. The summed E-state index contributed by atoms with van der Waals surface area (Å²) in [6.45, 7) is 1.42. The summed E-state index contributed by atoms with van der Waals surface area (Å²) in [6, 6.07) is 8.28. The predicted molar refractivity (Wildman–Crippen MR) is 117 cm³/mol. The molecule has 3 fully saturated rings. The summed E-state index contributed by atoms with van der Waals surface area (Å²) >= 11 is 0. The molecular formula is C24H27N5O3. The van der Waals surface area contributed by atoms with Crippen molar-refractivity contribution >= 4 is 11.7 Å². The van der Waals surface area contributed by atoms with Gasteiger partial charge in [0.25, 0.3) is 0 Å². The number of anilines is 1. The monoisotopic (exact) mass is 433 g/mol. The van der Waals surface area contributed by atoms with E-state index in [0.717, 1.165) is 43.5 Å². The van der Waals surface area contributed by atoms with Crippen LogP contribution in [-0.4, -0.2) is 59.7 Å². The maximum absolute atomic E-state index is 13.1. The maximum Gasteiger partial charge on any atom is 0.248 e. The molecular weight excluding hydrogens is 406 g/mol. The van der Waals surface area contributed by atoms with Gasteiger partial charge in [-0.1, -0.05) is 0 Å². The van der Waals surface area contributed by atoms with Crippen LogP contribution in [0, 0.1) is 11.3 Å². The summed E-state index contributed by atoms with van der Waals surface area (Å²) in [5, 5.41) is 9.01. The Balaban J connectivity index is 1.23. The van der Waals surface area contributed by atoms with E-state index >= 15 is 0 Å². The first kappa shape index (κ1) is 20.7. The topological polar surface area (TPSA) is 91.6 Å². The highest BCUT2D eigenvalue weighted by molar-refractivity contribution is 5.78. The van der Waals surface area contributed by atoms with Crippen LogP contribution in [0.2, 0.25) is 0 Å². The number of pyridine rings is 2. The van der Waals surface area contributed by atoms with Crippen LogP contribution in [0.1, 0.15) is 43.2 Å². The van der Waals surface area contributed by atoms with Gasteiger partial charge in [0.15, 0.2) is 0 Å². The fourth-order valence-electron chi connectivity index (χ4n) is 5.17. The van der Waals surface area contributed by atoms with Crippen molar-refractivity contribution in [2.45, 2.75) is 49.8 Å². The van der Waals surface area contributed by atoms with E-state index in [9.17, 15) is 4.79 Å². The van der Waals surface area contributed by atoms with Crippen LogP contribution in [0.5, 0.6) is 5.75 Å². The Hall–Kier alpha value is -3.18. The SMILES string of the molecule is COc1cncc(C2(OCC(=O)N3CC4CCC(C3)N4c3ccc(C#N)cn3)CCC2)c1. The minimum Gasteiger partial charge on any atom is -0.495 e. The van der Waals surface area contributed by atoms with Gasteiger partial charge < -0.3 is 19.3 Å². The Kier molecular flexibility index (Phi) is 5.43. The van der Waals surface area contributed by atoms with Gasteiger partial charge >= 0.3 is 0 Å². The zero-order valence-electron chi connectivity index (χ0n) is 18.2. The number of carbonyl (C=O) groups excluding carboxylic acids is 1. The highest BCUT2D eigenvalue weighted by Gasteiger charge is 2.44. The highest BCUT2D eigenvalue weighted by Crippen LogP contribution is 2.45. The standard InChI is InChI=1S/C24H27N5O3/c1-31-21-9-18(12-26-13-21)24(7-2-8-24)32-16-23(30)28-14-19-4-5-20(15-28)29(19)22-6-3-17(10-25)11-27-22/h3,6,9,11-13,19-20H,2,4-5,7-8,14-16H2,1H3. The average molecular weight is 434 g/mol. The zero-order valence-corrected chi connectivity index (χ0v) is 18.2. The van der Waals surface area contributed by atoms with Crippen LogP contribution in [0.4, 0.5) is 5.82 Å². The minimum atomic E-state index is -0.440. The van der Waals surface area contributed by atoms with Crippen molar-refractivity contribution in [1.82, 2.24) is 14.9 Å². The molecule has 2 aromatic heterocycles. The molecule has 8 heteroatoms. The molecule has 2 unspecified atom stereocenters. The van der Waals surface area contributed by atoms with Crippen LogP contribution < -0.4 is 9.64 Å². The van der Waals surface area contributed by atoms with E-state index in [2.05, 4.69) is 20.9 Å². The number of ether oxygens (including phenoxy) is 2. The number of aromatic nitrogens is 2. The van der Waals surface area contributed by atoms with Gasteiger partial charge in [-0.3, -0.25) is 9.78 Å². The van der Waals surface area contributed by atoms with Crippen LogP contribution in [0.3, 0.4) is 0 Å². The molecule has 2 aromatic rings. The van der Waals surface area contributed by atoms with Crippen molar-refractivity contribution in [3.63, 3.8) is 0 Å². The van der Waals surface area contributed by atoms with Crippen molar-refractivity contribution < 1.29 is 14.3 Å². The minimum absolute atomic E-state index is 0.0384. The molecule has 2 bridgehead atoms. The lowest BCUT2D eigenvalue weighted by atomic mass is 9.75. The number of likely N-dealkylation sites (tertiary alicyclic amines) is 1. The van der Waals surface area contributed by atoms with Crippen LogP contribution in [-0.2, 0) is 15.1 Å². The molecule has 5 rings (SSSR count). The van der Waals surface area contributed by atoms with Crippen LogP contribution in [0.25, 0.3) is 0 Å². The number of nitriles is 1. The number of fused-ring (bicyclic) bond motifs is 2. The summed E-state index contributed by atoms with van der Waals surface area (Å²) < 4.78 is 11.6. The lowest BCUT2D eigenvalue weighted by molar-refractivity contribution is -0.154. The average Bonchev–Trinajstić information content (AvgIpc) is 3.07. The van der Waals surface area contributed by atoms with E-state index in [1.54, 1.807) is 25.6 Å². The first-order valence-corrected chi connectivity index (χ1v) is 11.2. The summed E-state index contributed by atoms with van der Waals surface area (Å²) in [5.41, 5.74) is 1.10. The van der Waals surface area contributed by atoms with Crippen molar-refractivity contribution in [2.75, 3.05) is 31.7 Å². The number of piperazine rings is 1. The summed E-state index contributed by atoms with van der Waals surface area (Å²) in [4.78, 5) is 26.1. The van der Waals surface area contributed by atoms with E-state index in [1.807, 2.05) is 23.2 Å². The third kappa shape index (κ3) is 3.67. The van der Waals surface area contributed by atoms with Gasteiger partial charge in [-0.15, -0.1) is 0 Å². The smallest absolute Gasteiger partial charge is 0.248 e. The summed E-state index contributed by atoms with van der Waals surface area (Å²) in [6.07, 6.45) is 10.0. The highest BCUT2D eigenvalue weighted by atomic mass is 16.5. The molecule has 4 heterocycles. The molecule has 32 heavy (non-hydrogen) atoms. The Labute approximate surface area is 187 Å². The second-order valence-corrected chi connectivity index (χ2v) is 8.86. The number of hydrogen-bond acceptors (Lipinski definition) is 7. The largest absolute Gasteiger partial charge is 0.495 e. The second-order valence-electron chi connectivity index (χ2n) is 8.86. The maximum atomic E-state index is 13.1. The fraction of sp³-hybridized carbons (Fsp3) is 0.500. The van der Waals surface area contributed by atoms with Crippen molar-refractivity contribution in [2.24, 2.45) is 0 Å². The first-order valence-electron chi connectivity index (χ1n) is 11.2. The molecule has 2 aliphatic heterocycles. The zero-order chi connectivity index (χ0) is 22.1. The number of rotatable bonds is 6. The van der Waals surface area contributed by atoms with Gasteiger partial charge in [-0.25, -0.2) is 4.98 Å². The molecule has 0 N–H and O–H groups in total. The molecule has 0 aromatic carbocycles. The van der Waals surface area contributed by atoms with Crippen LogP contribution >= 0.6 is 0 Å². The molecule has 2 saturated heterocycles. The molecule has 1 amide bonds. The number of hydrogen-bond donors (Lipinski definition) is 0. The summed E-state index contributed by atoms with van der Waals surface area (Å²) in [7, 11) is 1.62. The second kappa shape index (κ2) is 8.40. The summed E-state index contributed by atoms with van der Waals surface area (Å²) in [5.74, 6) is 1.63. The molecule has 1 aliphatic carbocycles. The number of methoxy groups -OCH3 is 1. The third-order valence-corrected chi connectivity index (χ3v) is 7.08. The molecule has 1 saturated carbocycles. The van der Waals surface area contributed by atoms with E-state index in [-0.39, 0.29) is 24.6 Å². The van der Waals surface area contributed by atoms with Gasteiger partial charge in [0, 0.05) is 43.1 Å². The van der Waals surface area contributed by atoms with Crippen molar-refractivity contribution in [3.05, 3.63) is 47.9 Å². The Morgan fingerprint density at radius 1 is 1.22 bits per heavy atom. The van der Waals surface area contributed by atoms with E-state index in [4.69, 9.17) is 14.7 Å². The van der Waals surface area contributed by atoms with Gasteiger partial charge in [0.05, 0.1) is 24.5 Å². The molecule has 2 atom stereocenters. The normalized spacial score (nSPS) is 23.4. The lowest BCUT2D eigenvalue weighted by Crippen LogP contribution is -2.56. The molecule has 0 spiro atoms. The third-order valence-electron chi connectivity index (χ3n) is 7.08. The Morgan fingerprint density at radius 3 is 2.59 bits per heavy atom. The Bertz CT molecular complexity index is 1020. The number of nitrogens with zero attached hydrogens (tertiary/aromatic N) is 5. The van der Waals surface area contributed by atoms with E-state index in [0.29, 0.717) is 24.4 Å². The van der Waals surface area contributed by atoms with Crippen molar-refractivity contribution in [3.8, 4) is 11.8 Å². The van der Waals surface area contributed by atoms with Gasteiger partial charge in [0.2, 0.25) is 5.91 Å². The molecule has 166 valence electrons. The van der Waals surface area contributed by atoms with Gasteiger partial charge in [-0.05, 0) is 50.3 Å². The quantitative estimate of drug-likeness (QED) is 0.691.